The number of pyridine rings is 1. The van der Waals surface area contributed by atoms with E-state index >= 15 is 0 Å². The number of aliphatic hydroxyl groups excluding tert-OH is 1. The SMILES string of the molecule is CSc1cc[n+](CCO[N+]2(CCO)CCC(SC)CC2)cc1. The molecule has 0 radical (unpaired) electrons. The molecule has 1 N–H and O–H groups in total. The van der Waals surface area contributed by atoms with Crippen LogP contribution in [0.4, 0.5) is 0 Å². The summed E-state index contributed by atoms with van der Waals surface area (Å²) in [5, 5.41) is 10.1. The number of quaternary nitrogens is 1. The lowest BCUT2D eigenvalue weighted by Crippen LogP contribution is -2.55. The van der Waals surface area contributed by atoms with Crippen molar-refractivity contribution in [3.63, 3.8) is 0 Å². The minimum atomic E-state index is 0.194. The van der Waals surface area contributed by atoms with E-state index in [-0.39, 0.29) is 6.61 Å². The number of aromatic nitrogens is 1. The van der Waals surface area contributed by atoms with E-state index in [0.717, 1.165) is 24.9 Å². The van der Waals surface area contributed by atoms with Gasteiger partial charge in [-0.1, -0.05) is 0 Å². The average Bonchev–Trinajstić information content (AvgIpc) is 2.56. The molecule has 0 spiro atoms. The molecule has 124 valence electrons. The third kappa shape index (κ3) is 5.13. The van der Waals surface area contributed by atoms with Crippen molar-refractivity contribution in [1.82, 2.24) is 0 Å². The predicted molar refractivity (Wildman–Crippen MR) is 92.9 cm³/mol. The monoisotopic (exact) mass is 344 g/mol. The maximum Gasteiger partial charge on any atom is 0.177 e. The number of hydrogen-bond acceptors (Lipinski definition) is 4. The number of piperidine rings is 1. The van der Waals surface area contributed by atoms with Crippen LogP contribution in [0.5, 0.6) is 0 Å². The van der Waals surface area contributed by atoms with Crippen molar-refractivity contribution in [2.45, 2.75) is 29.5 Å². The summed E-state index contributed by atoms with van der Waals surface area (Å²) in [4.78, 5) is 7.48. The third-order valence-electron chi connectivity index (χ3n) is 4.37. The highest BCUT2D eigenvalue weighted by molar-refractivity contribution is 7.99. The van der Waals surface area contributed by atoms with Crippen LogP contribution in [0.1, 0.15) is 12.8 Å². The van der Waals surface area contributed by atoms with Gasteiger partial charge in [0.05, 0.1) is 6.61 Å². The van der Waals surface area contributed by atoms with E-state index in [1.54, 1.807) is 11.8 Å². The molecule has 0 atom stereocenters. The van der Waals surface area contributed by atoms with E-state index in [1.165, 1.54) is 17.7 Å². The second-order valence-electron chi connectivity index (χ2n) is 5.70. The lowest BCUT2D eigenvalue weighted by atomic mass is 10.1. The number of rotatable bonds is 8. The van der Waals surface area contributed by atoms with Gasteiger partial charge in [-0.15, -0.1) is 11.8 Å². The molecule has 1 saturated heterocycles. The van der Waals surface area contributed by atoms with Crippen LogP contribution >= 0.6 is 23.5 Å². The van der Waals surface area contributed by atoms with Crippen molar-refractivity contribution in [3.8, 4) is 0 Å². The molecule has 6 heteroatoms. The average molecular weight is 345 g/mol. The molecule has 1 aromatic rings. The molecule has 2 rings (SSSR count). The van der Waals surface area contributed by atoms with E-state index in [1.807, 2.05) is 11.8 Å². The van der Waals surface area contributed by atoms with Crippen molar-refractivity contribution in [1.29, 1.82) is 0 Å². The first kappa shape index (κ1) is 18.1. The first-order chi connectivity index (χ1) is 10.7. The summed E-state index contributed by atoms with van der Waals surface area (Å²) >= 11 is 3.71. The Bertz CT molecular complexity index is 434. The van der Waals surface area contributed by atoms with Crippen LogP contribution in [-0.2, 0) is 11.4 Å². The normalized spacial score (nSPS) is 25.3. The Morgan fingerprint density at radius 2 is 1.95 bits per heavy atom. The molecule has 2 heterocycles. The van der Waals surface area contributed by atoms with Gasteiger partial charge in [0.15, 0.2) is 25.5 Å². The number of hydroxylamine groups is 3. The molecule has 22 heavy (non-hydrogen) atoms. The number of nitrogens with zero attached hydrogens (tertiary/aromatic N) is 2. The summed E-state index contributed by atoms with van der Waals surface area (Å²) < 4.78 is 2.78. The molecule has 0 amide bonds. The first-order valence-corrected chi connectivity index (χ1v) is 10.4. The summed E-state index contributed by atoms with van der Waals surface area (Å²) in [5.74, 6) is 0. The van der Waals surface area contributed by atoms with Gasteiger partial charge in [0.1, 0.15) is 19.6 Å². The second kappa shape index (κ2) is 9.13. The van der Waals surface area contributed by atoms with Crippen LogP contribution in [0.3, 0.4) is 0 Å². The van der Waals surface area contributed by atoms with Gasteiger partial charge < -0.3 is 5.11 Å². The Kier molecular flexibility index (Phi) is 7.50. The van der Waals surface area contributed by atoms with Crippen LogP contribution < -0.4 is 4.57 Å². The molecule has 1 aliphatic heterocycles. The number of likely N-dealkylation sites (tertiary alicyclic amines) is 1. The van der Waals surface area contributed by atoms with Gasteiger partial charge >= 0.3 is 0 Å². The largest absolute Gasteiger partial charge is 0.390 e. The summed E-state index contributed by atoms with van der Waals surface area (Å²) in [6.45, 7) is 4.47. The summed E-state index contributed by atoms with van der Waals surface area (Å²) in [6, 6.07) is 4.26. The maximum atomic E-state index is 9.37. The van der Waals surface area contributed by atoms with Crippen molar-refractivity contribution in [3.05, 3.63) is 24.5 Å². The fourth-order valence-electron chi connectivity index (χ4n) is 2.92. The van der Waals surface area contributed by atoms with E-state index < -0.39 is 0 Å². The number of hydrogen-bond donors (Lipinski definition) is 1. The van der Waals surface area contributed by atoms with E-state index in [4.69, 9.17) is 4.84 Å². The van der Waals surface area contributed by atoms with Crippen LogP contribution in [-0.4, -0.2) is 60.4 Å². The molecule has 1 aliphatic rings. The highest BCUT2D eigenvalue weighted by atomic mass is 32.2. The smallest absolute Gasteiger partial charge is 0.177 e. The van der Waals surface area contributed by atoms with Crippen molar-refractivity contribution < 1.29 is 19.2 Å². The van der Waals surface area contributed by atoms with Crippen LogP contribution in [0, 0.1) is 0 Å². The third-order valence-corrected chi connectivity index (χ3v) is 6.25. The number of aliphatic hydroxyl groups is 1. The maximum absolute atomic E-state index is 9.37. The zero-order valence-corrected chi connectivity index (χ0v) is 15.2. The van der Waals surface area contributed by atoms with Gasteiger partial charge in [0, 0.05) is 35.1 Å². The molecule has 1 aromatic heterocycles. The molecule has 0 bridgehead atoms. The molecule has 0 aliphatic carbocycles. The summed E-state index contributed by atoms with van der Waals surface area (Å²) in [6.07, 6.45) is 10.8. The molecule has 0 unspecified atom stereocenters. The zero-order valence-electron chi connectivity index (χ0n) is 13.6. The topological polar surface area (TPSA) is 33.3 Å². The van der Waals surface area contributed by atoms with Gasteiger partial charge in [0.25, 0.3) is 0 Å². The van der Waals surface area contributed by atoms with Gasteiger partial charge in [0.2, 0.25) is 0 Å². The standard InChI is InChI=1S/C16H28N2O2S2/c1-21-15-3-7-17(8-4-15)9-14-20-18(12-13-19)10-5-16(22-2)6-11-18/h3-4,7-8,16,19H,5-6,9-14H2,1-2H3/q+2. The summed E-state index contributed by atoms with van der Waals surface area (Å²) in [5.41, 5.74) is 0. The number of thioether (sulfide) groups is 2. The zero-order chi connectivity index (χ0) is 15.8. The first-order valence-electron chi connectivity index (χ1n) is 7.89. The molecule has 4 nitrogen and oxygen atoms in total. The van der Waals surface area contributed by atoms with Crippen molar-refractivity contribution >= 4 is 23.5 Å². The van der Waals surface area contributed by atoms with Crippen molar-refractivity contribution in [2.75, 3.05) is 45.4 Å². The highest BCUT2D eigenvalue weighted by Gasteiger charge is 2.35. The van der Waals surface area contributed by atoms with E-state index in [0.29, 0.717) is 17.8 Å². The van der Waals surface area contributed by atoms with Gasteiger partial charge in [-0.2, -0.15) is 21.2 Å². The summed E-state index contributed by atoms with van der Waals surface area (Å²) in [7, 11) is 0. The van der Waals surface area contributed by atoms with E-state index in [9.17, 15) is 5.11 Å². The van der Waals surface area contributed by atoms with Crippen molar-refractivity contribution in [2.24, 2.45) is 0 Å². The Morgan fingerprint density at radius 3 is 2.50 bits per heavy atom. The molecular weight excluding hydrogens is 316 g/mol. The molecule has 1 fully saturated rings. The van der Waals surface area contributed by atoms with E-state index in [2.05, 4.69) is 41.6 Å². The minimum Gasteiger partial charge on any atom is -0.390 e. The van der Waals surface area contributed by atoms with Gasteiger partial charge in [-0.25, -0.2) is 4.57 Å². The second-order valence-corrected chi connectivity index (χ2v) is 7.71. The van der Waals surface area contributed by atoms with Crippen LogP contribution in [0.15, 0.2) is 29.4 Å². The Balaban J connectivity index is 1.83. The van der Waals surface area contributed by atoms with Crippen LogP contribution in [0.25, 0.3) is 0 Å². The predicted octanol–water partition coefficient (Wildman–Crippen LogP) is 1.96. The molecule has 0 saturated carbocycles. The Labute approximate surface area is 142 Å². The fourth-order valence-corrected chi connectivity index (χ4v) is 3.99. The van der Waals surface area contributed by atoms with Gasteiger partial charge in [-0.05, 0) is 12.5 Å². The lowest BCUT2D eigenvalue weighted by molar-refractivity contribution is -1.11. The fraction of sp³-hybridized carbons (Fsp3) is 0.688. The Morgan fingerprint density at radius 1 is 1.27 bits per heavy atom. The lowest BCUT2D eigenvalue weighted by Gasteiger charge is -2.39. The Hall–Kier alpha value is -0.270. The molecule has 0 aromatic carbocycles. The highest BCUT2D eigenvalue weighted by Crippen LogP contribution is 2.26. The minimum absolute atomic E-state index is 0.194. The molecular formula is C16H28N2O2S2+2. The van der Waals surface area contributed by atoms with Gasteiger partial charge in [-0.3, -0.25) is 0 Å². The quantitative estimate of drug-likeness (QED) is 0.444. The van der Waals surface area contributed by atoms with Crippen LogP contribution in [0.2, 0.25) is 0 Å².